The zero-order chi connectivity index (χ0) is 19.5. The lowest BCUT2D eigenvalue weighted by Gasteiger charge is -2.17. The molecule has 3 heterocycles. The van der Waals surface area contributed by atoms with Gasteiger partial charge in [-0.3, -0.25) is 10.3 Å². The van der Waals surface area contributed by atoms with Crippen LogP contribution in [0.15, 0.2) is 42.9 Å². The number of carbonyl (C=O) groups excluding carboxylic acids is 1. The van der Waals surface area contributed by atoms with Gasteiger partial charge in [0.2, 0.25) is 5.95 Å². The lowest BCUT2D eigenvalue weighted by Crippen LogP contribution is -2.28. The molecule has 0 saturated heterocycles. The Morgan fingerprint density at radius 1 is 1.36 bits per heavy atom. The maximum atomic E-state index is 11.9. The van der Waals surface area contributed by atoms with E-state index in [0.717, 1.165) is 32.2 Å². The Hall–Kier alpha value is -2.75. The van der Waals surface area contributed by atoms with Gasteiger partial charge in [0.1, 0.15) is 0 Å². The van der Waals surface area contributed by atoms with Crippen molar-refractivity contribution in [1.29, 1.82) is 0 Å². The van der Waals surface area contributed by atoms with E-state index in [1.807, 2.05) is 25.3 Å². The van der Waals surface area contributed by atoms with E-state index in [9.17, 15) is 4.79 Å². The van der Waals surface area contributed by atoms with Gasteiger partial charge in [-0.2, -0.15) is 0 Å². The van der Waals surface area contributed by atoms with Crippen LogP contribution >= 0.6 is 20.7 Å². The highest BCUT2D eigenvalue weighted by molar-refractivity contribution is 14.2. The molecule has 0 fully saturated rings. The standard InChI is InChI=1S/C20H21IN6O/c1-3-23-20(28)26-19-24-17-8-14(13-5-4-6-22-10-13)7-16(18(17)25-19)15-9-21-12-27(2)11-15/h4-8,10-12H,3,9H2,1-2H3,(H3,23,24,25,26,28). The normalized spacial score (nSPS) is 13.8. The number of amides is 2. The lowest BCUT2D eigenvalue weighted by atomic mass is 9.99. The number of carbonyl (C=O) groups is 1. The maximum absolute atomic E-state index is 11.9. The summed E-state index contributed by atoms with van der Waals surface area (Å²) in [7, 11) is 2.06. The summed E-state index contributed by atoms with van der Waals surface area (Å²) in [6.45, 7) is 2.44. The molecule has 2 aromatic heterocycles. The van der Waals surface area contributed by atoms with Gasteiger partial charge in [0.25, 0.3) is 0 Å². The average Bonchev–Trinajstić information content (AvgIpc) is 3.10. The minimum absolute atomic E-state index is 0.0233. The van der Waals surface area contributed by atoms with Crippen molar-refractivity contribution in [3.8, 4) is 11.1 Å². The zero-order valence-corrected chi connectivity index (χ0v) is 17.8. The molecule has 0 bridgehead atoms. The Balaban J connectivity index is 1.83. The summed E-state index contributed by atoms with van der Waals surface area (Å²) in [6.07, 6.45) is 5.79. The summed E-state index contributed by atoms with van der Waals surface area (Å²) in [5.74, 6) is 0.441. The van der Waals surface area contributed by atoms with Crippen molar-refractivity contribution in [2.75, 3.05) is 23.3 Å². The molecule has 7 nitrogen and oxygen atoms in total. The Morgan fingerprint density at radius 2 is 2.25 bits per heavy atom. The van der Waals surface area contributed by atoms with Gasteiger partial charge in [0.05, 0.1) is 11.0 Å². The fourth-order valence-electron chi connectivity index (χ4n) is 3.11. The number of hydrogen-bond donors (Lipinski definition) is 3. The van der Waals surface area contributed by atoms with Crippen LogP contribution in [0, 0.1) is 0 Å². The van der Waals surface area contributed by atoms with E-state index in [4.69, 9.17) is 0 Å². The lowest BCUT2D eigenvalue weighted by molar-refractivity contribution is 0.252. The van der Waals surface area contributed by atoms with Crippen LogP contribution in [0.4, 0.5) is 10.7 Å². The first kappa shape index (κ1) is 18.6. The fourth-order valence-corrected chi connectivity index (χ4v) is 5.17. The third-order valence-electron chi connectivity index (χ3n) is 4.30. The van der Waals surface area contributed by atoms with Crippen LogP contribution in [0.25, 0.3) is 27.7 Å². The van der Waals surface area contributed by atoms with E-state index in [1.54, 1.807) is 6.20 Å². The van der Waals surface area contributed by atoms with Gasteiger partial charge in [-0.15, -0.1) is 0 Å². The average molecular weight is 488 g/mol. The molecule has 0 saturated carbocycles. The van der Waals surface area contributed by atoms with Crippen molar-refractivity contribution >= 4 is 53.5 Å². The molecular weight excluding hydrogens is 467 g/mol. The number of halogens is 1. The predicted molar refractivity (Wildman–Crippen MR) is 123 cm³/mol. The number of imidazole rings is 1. The van der Waals surface area contributed by atoms with Gasteiger partial charge < -0.3 is 15.2 Å². The van der Waals surface area contributed by atoms with Crippen LogP contribution < -0.4 is 10.6 Å². The predicted octanol–water partition coefficient (Wildman–Crippen LogP) is 3.78. The molecule has 0 unspecified atom stereocenters. The largest absolute Gasteiger partial charge is 0.352 e. The van der Waals surface area contributed by atoms with Gasteiger partial charge in [0, 0.05) is 51.9 Å². The van der Waals surface area contributed by atoms with E-state index in [-0.39, 0.29) is 26.8 Å². The van der Waals surface area contributed by atoms with Crippen LogP contribution in [0.5, 0.6) is 0 Å². The maximum Gasteiger partial charge on any atom is 0.321 e. The number of nitrogens with one attached hydrogen (secondary N) is 3. The second kappa shape index (κ2) is 8.09. The number of rotatable bonds is 4. The van der Waals surface area contributed by atoms with Crippen molar-refractivity contribution < 1.29 is 4.79 Å². The van der Waals surface area contributed by atoms with Crippen LogP contribution in [0.2, 0.25) is 0 Å². The van der Waals surface area contributed by atoms with Crippen molar-refractivity contribution in [1.82, 2.24) is 25.2 Å². The number of benzene rings is 1. The van der Waals surface area contributed by atoms with Crippen LogP contribution in [0.1, 0.15) is 12.5 Å². The molecule has 0 spiro atoms. The van der Waals surface area contributed by atoms with E-state index in [0.29, 0.717) is 12.5 Å². The zero-order valence-electron chi connectivity index (χ0n) is 15.7. The number of urea groups is 1. The Labute approximate surface area is 173 Å². The molecule has 144 valence electrons. The Kier molecular flexibility index (Phi) is 5.38. The monoisotopic (exact) mass is 488 g/mol. The number of aromatic amines is 1. The molecule has 0 atom stereocenters. The number of nitrogens with zero attached hydrogens (tertiary/aromatic N) is 3. The summed E-state index contributed by atoms with van der Waals surface area (Å²) in [4.78, 5) is 26.2. The van der Waals surface area contributed by atoms with Gasteiger partial charge in [-0.25, -0.2) is 9.78 Å². The third kappa shape index (κ3) is 3.91. The molecule has 1 aromatic carbocycles. The molecule has 4 rings (SSSR count). The van der Waals surface area contributed by atoms with Crippen molar-refractivity contribution in [3.05, 3.63) is 48.4 Å². The quantitative estimate of drug-likeness (QED) is 0.386. The van der Waals surface area contributed by atoms with Gasteiger partial charge in [-0.1, -0.05) is 26.8 Å². The number of allylic oxidation sites excluding steroid dienone is 1. The number of fused-ring (bicyclic) bond motifs is 1. The summed E-state index contributed by atoms with van der Waals surface area (Å²) >= 11 is -0.0233. The summed E-state index contributed by atoms with van der Waals surface area (Å²) < 4.78 is 3.33. The number of hydrogen-bond acceptors (Lipinski definition) is 4. The molecule has 2 amide bonds. The van der Waals surface area contributed by atoms with E-state index >= 15 is 0 Å². The highest BCUT2D eigenvalue weighted by atomic mass is 127. The SMILES string of the molecule is CCNC(=O)Nc1nc2c(C3=CN(C)C=IC3)cc(-c3cccnc3)cc2[nH]1. The molecule has 3 N–H and O–H groups in total. The molecule has 1 aliphatic heterocycles. The first-order valence-electron chi connectivity index (χ1n) is 8.97. The summed E-state index contributed by atoms with van der Waals surface area (Å²) in [6, 6.07) is 7.94. The summed E-state index contributed by atoms with van der Waals surface area (Å²) in [5, 5.41) is 5.50. The minimum atomic E-state index is -0.271. The molecule has 1 aliphatic rings. The van der Waals surface area contributed by atoms with Gasteiger partial charge in [-0.05, 0) is 36.3 Å². The van der Waals surface area contributed by atoms with Gasteiger partial charge in [0.15, 0.2) is 0 Å². The molecule has 0 radical (unpaired) electrons. The smallest absolute Gasteiger partial charge is 0.321 e. The third-order valence-corrected chi connectivity index (χ3v) is 6.83. The number of anilines is 1. The van der Waals surface area contributed by atoms with Crippen molar-refractivity contribution in [3.63, 3.8) is 0 Å². The molecule has 28 heavy (non-hydrogen) atoms. The summed E-state index contributed by atoms with van der Waals surface area (Å²) in [5.41, 5.74) is 6.23. The van der Waals surface area contributed by atoms with Gasteiger partial charge >= 0.3 is 6.03 Å². The first-order chi connectivity index (χ1) is 13.6. The number of alkyl halides is 1. The topological polar surface area (TPSA) is 85.9 Å². The first-order valence-corrected chi connectivity index (χ1v) is 11.7. The molecule has 0 aliphatic carbocycles. The Morgan fingerprint density at radius 3 is 3.00 bits per heavy atom. The second-order valence-corrected chi connectivity index (χ2v) is 8.64. The highest BCUT2D eigenvalue weighted by Gasteiger charge is 2.16. The van der Waals surface area contributed by atoms with Crippen LogP contribution in [0.3, 0.4) is 0 Å². The van der Waals surface area contributed by atoms with Crippen LogP contribution in [-0.2, 0) is 0 Å². The fraction of sp³-hybridized carbons (Fsp3) is 0.200. The van der Waals surface area contributed by atoms with Crippen molar-refractivity contribution in [2.45, 2.75) is 6.92 Å². The number of aromatic nitrogens is 3. The highest BCUT2D eigenvalue weighted by Crippen LogP contribution is 2.33. The molecular formula is C20H21IN6O. The molecule has 3 aromatic rings. The van der Waals surface area contributed by atoms with Crippen molar-refractivity contribution in [2.24, 2.45) is 0 Å². The second-order valence-electron chi connectivity index (χ2n) is 6.44. The number of H-pyrrole nitrogens is 1. The van der Waals surface area contributed by atoms with E-state index in [1.165, 1.54) is 5.57 Å². The Bertz CT molecular complexity index is 1070. The number of pyridine rings is 1. The van der Waals surface area contributed by atoms with E-state index < -0.39 is 0 Å². The van der Waals surface area contributed by atoms with Crippen LogP contribution in [-0.4, -0.2) is 48.0 Å². The minimum Gasteiger partial charge on any atom is -0.352 e. The van der Waals surface area contributed by atoms with E-state index in [2.05, 4.69) is 60.0 Å². The molecule has 8 heteroatoms.